The van der Waals surface area contributed by atoms with Gasteiger partial charge < -0.3 is 19.4 Å². The van der Waals surface area contributed by atoms with E-state index in [9.17, 15) is 14.4 Å². The predicted molar refractivity (Wildman–Crippen MR) is 106 cm³/mol. The zero-order valence-corrected chi connectivity index (χ0v) is 15.7. The van der Waals surface area contributed by atoms with Gasteiger partial charge in [0.15, 0.2) is 12.4 Å². The van der Waals surface area contributed by atoms with Crippen LogP contribution in [0.4, 0.5) is 5.69 Å². The molecule has 4 rings (SSSR count). The molecule has 1 atom stereocenters. The summed E-state index contributed by atoms with van der Waals surface area (Å²) >= 11 is 0. The number of ether oxygens (including phenoxy) is 1. The zero-order valence-electron chi connectivity index (χ0n) is 15.7. The van der Waals surface area contributed by atoms with Crippen LogP contribution in [-0.2, 0) is 14.3 Å². The van der Waals surface area contributed by atoms with Crippen molar-refractivity contribution >= 4 is 34.2 Å². The van der Waals surface area contributed by atoms with Gasteiger partial charge in [0.2, 0.25) is 0 Å². The van der Waals surface area contributed by atoms with Crippen LogP contribution in [0.1, 0.15) is 23.4 Å². The number of fused-ring (bicyclic) bond motifs is 1. The van der Waals surface area contributed by atoms with Gasteiger partial charge in [0.05, 0.1) is 6.26 Å². The molecule has 1 N–H and O–H groups in total. The van der Waals surface area contributed by atoms with Gasteiger partial charge in [-0.1, -0.05) is 36.4 Å². The maximum atomic E-state index is 12.5. The zero-order chi connectivity index (χ0) is 20.2. The highest BCUT2D eigenvalue weighted by Gasteiger charge is 2.36. The highest BCUT2D eigenvalue weighted by atomic mass is 16.5. The lowest BCUT2D eigenvalue weighted by Crippen LogP contribution is -2.42. The third kappa shape index (κ3) is 3.99. The fourth-order valence-electron chi connectivity index (χ4n) is 3.55. The van der Waals surface area contributed by atoms with Crippen LogP contribution in [-0.4, -0.2) is 41.9 Å². The molecule has 2 amide bonds. The van der Waals surface area contributed by atoms with Crippen LogP contribution in [0.15, 0.2) is 65.3 Å². The van der Waals surface area contributed by atoms with E-state index in [4.69, 9.17) is 9.15 Å². The maximum Gasteiger partial charge on any atom is 0.329 e. The second kappa shape index (κ2) is 8.18. The monoisotopic (exact) mass is 392 g/mol. The number of nitrogens with one attached hydrogen (secondary N) is 1. The topological polar surface area (TPSA) is 88.9 Å². The molecular weight excluding hydrogens is 372 g/mol. The average Bonchev–Trinajstić information content (AvgIpc) is 3.44. The van der Waals surface area contributed by atoms with Gasteiger partial charge in [-0.05, 0) is 36.4 Å². The van der Waals surface area contributed by atoms with E-state index in [1.807, 2.05) is 36.4 Å². The van der Waals surface area contributed by atoms with Crippen LogP contribution in [0.3, 0.4) is 0 Å². The van der Waals surface area contributed by atoms with Crippen molar-refractivity contribution in [3.63, 3.8) is 0 Å². The van der Waals surface area contributed by atoms with Gasteiger partial charge in [-0.15, -0.1) is 0 Å². The highest BCUT2D eigenvalue weighted by molar-refractivity contribution is 6.03. The summed E-state index contributed by atoms with van der Waals surface area (Å²) < 4.78 is 10.3. The Morgan fingerprint density at radius 1 is 1.07 bits per heavy atom. The number of anilines is 1. The van der Waals surface area contributed by atoms with Crippen molar-refractivity contribution in [1.82, 2.24) is 4.90 Å². The molecule has 1 aliphatic heterocycles. The number of nitrogens with zero attached hydrogens (tertiary/aromatic N) is 1. The van der Waals surface area contributed by atoms with E-state index in [0.717, 1.165) is 10.8 Å². The summed E-state index contributed by atoms with van der Waals surface area (Å²) in [6.45, 7) is 0.0306. The maximum absolute atomic E-state index is 12.5. The molecule has 0 aliphatic carbocycles. The van der Waals surface area contributed by atoms with Gasteiger partial charge in [-0.3, -0.25) is 9.59 Å². The van der Waals surface area contributed by atoms with Crippen LogP contribution in [0.5, 0.6) is 0 Å². The Morgan fingerprint density at radius 3 is 2.72 bits per heavy atom. The Labute approximate surface area is 167 Å². The predicted octanol–water partition coefficient (Wildman–Crippen LogP) is 3.22. The standard InChI is InChI=1S/C22H20N2O5/c25-20(23-17-9-3-7-15-6-1-2-8-16(15)17)14-29-22(27)18-10-4-12-24(18)21(26)19-11-5-13-28-19/h1-3,5-9,11,13,18H,4,10,12,14H2,(H,23,25)/t18-/m0/s1. The van der Waals surface area contributed by atoms with E-state index in [1.54, 1.807) is 18.2 Å². The summed E-state index contributed by atoms with van der Waals surface area (Å²) in [6.07, 6.45) is 2.60. The number of hydrogen-bond donors (Lipinski definition) is 1. The van der Waals surface area contributed by atoms with E-state index in [1.165, 1.54) is 11.2 Å². The van der Waals surface area contributed by atoms with Crippen molar-refractivity contribution in [3.8, 4) is 0 Å². The Bertz CT molecular complexity index is 1040. The number of carbonyl (C=O) groups is 3. The van der Waals surface area contributed by atoms with Crippen molar-refractivity contribution < 1.29 is 23.5 Å². The quantitative estimate of drug-likeness (QED) is 0.674. The molecule has 0 radical (unpaired) electrons. The minimum atomic E-state index is -0.710. The summed E-state index contributed by atoms with van der Waals surface area (Å²) in [4.78, 5) is 38.7. The summed E-state index contributed by atoms with van der Waals surface area (Å²) in [5.74, 6) is -1.19. The second-order valence-corrected chi connectivity index (χ2v) is 6.82. The highest BCUT2D eigenvalue weighted by Crippen LogP contribution is 2.23. The first kappa shape index (κ1) is 18.7. The van der Waals surface area contributed by atoms with Crippen molar-refractivity contribution in [2.75, 3.05) is 18.5 Å². The van der Waals surface area contributed by atoms with Gasteiger partial charge in [-0.25, -0.2) is 4.79 Å². The number of benzene rings is 2. The van der Waals surface area contributed by atoms with Gasteiger partial charge >= 0.3 is 5.97 Å². The lowest BCUT2D eigenvalue weighted by molar-refractivity contribution is -0.151. The SMILES string of the molecule is O=C(COC(=O)[C@@H]1CCCN1C(=O)c1ccco1)Nc1cccc2ccccc12. The summed E-state index contributed by atoms with van der Waals surface area (Å²) in [5.41, 5.74) is 0.652. The first-order valence-corrected chi connectivity index (χ1v) is 9.42. The van der Waals surface area contributed by atoms with E-state index in [0.29, 0.717) is 25.1 Å². The molecular formula is C22H20N2O5. The molecule has 148 valence electrons. The van der Waals surface area contributed by atoms with Crippen molar-refractivity contribution in [3.05, 3.63) is 66.6 Å². The lowest BCUT2D eigenvalue weighted by Gasteiger charge is -2.22. The first-order chi connectivity index (χ1) is 14.1. The normalized spacial score (nSPS) is 16.0. The Balaban J connectivity index is 1.36. The Morgan fingerprint density at radius 2 is 1.90 bits per heavy atom. The number of hydrogen-bond acceptors (Lipinski definition) is 5. The molecule has 29 heavy (non-hydrogen) atoms. The molecule has 1 aliphatic rings. The molecule has 2 heterocycles. The molecule has 3 aromatic rings. The van der Waals surface area contributed by atoms with Gasteiger partial charge in [0, 0.05) is 17.6 Å². The van der Waals surface area contributed by atoms with Gasteiger partial charge in [0.25, 0.3) is 11.8 Å². The second-order valence-electron chi connectivity index (χ2n) is 6.82. The van der Waals surface area contributed by atoms with Gasteiger partial charge in [0.1, 0.15) is 6.04 Å². The van der Waals surface area contributed by atoms with Gasteiger partial charge in [-0.2, -0.15) is 0 Å². The van der Waals surface area contributed by atoms with E-state index < -0.39 is 24.5 Å². The lowest BCUT2D eigenvalue weighted by atomic mass is 10.1. The average molecular weight is 392 g/mol. The van der Waals surface area contributed by atoms with Crippen LogP contribution in [0, 0.1) is 0 Å². The molecule has 7 nitrogen and oxygen atoms in total. The van der Waals surface area contributed by atoms with Crippen molar-refractivity contribution in [2.45, 2.75) is 18.9 Å². The molecule has 2 aromatic carbocycles. The molecule has 1 saturated heterocycles. The molecule has 0 saturated carbocycles. The Hall–Kier alpha value is -3.61. The number of rotatable bonds is 5. The first-order valence-electron chi connectivity index (χ1n) is 9.42. The minimum absolute atomic E-state index is 0.179. The molecule has 0 bridgehead atoms. The minimum Gasteiger partial charge on any atom is -0.459 e. The fourth-order valence-corrected chi connectivity index (χ4v) is 3.55. The fraction of sp³-hybridized carbons (Fsp3) is 0.227. The molecule has 1 fully saturated rings. The van der Waals surface area contributed by atoms with Crippen molar-refractivity contribution in [2.24, 2.45) is 0 Å². The third-order valence-corrected chi connectivity index (χ3v) is 4.93. The van der Waals surface area contributed by atoms with Crippen LogP contribution < -0.4 is 5.32 Å². The molecule has 7 heteroatoms. The van der Waals surface area contributed by atoms with Crippen LogP contribution >= 0.6 is 0 Å². The number of carbonyl (C=O) groups excluding carboxylic acids is 3. The smallest absolute Gasteiger partial charge is 0.329 e. The number of esters is 1. The molecule has 0 spiro atoms. The number of furan rings is 1. The van der Waals surface area contributed by atoms with Crippen LogP contribution in [0.25, 0.3) is 10.8 Å². The largest absolute Gasteiger partial charge is 0.459 e. The molecule has 1 aromatic heterocycles. The number of amides is 2. The Kier molecular flexibility index (Phi) is 5.29. The number of likely N-dealkylation sites (tertiary alicyclic amines) is 1. The van der Waals surface area contributed by atoms with Crippen molar-refractivity contribution in [1.29, 1.82) is 0 Å². The summed E-state index contributed by atoms with van der Waals surface area (Å²) in [7, 11) is 0. The van der Waals surface area contributed by atoms with E-state index in [2.05, 4.69) is 5.32 Å². The summed E-state index contributed by atoms with van der Waals surface area (Å²) in [6, 6.07) is 15.7. The summed E-state index contributed by atoms with van der Waals surface area (Å²) in [5, 5.41) is 4.68. The van der Waals surface area contributed by atoms with E-state index in [-0.39, 0.29) is 11.7 Å². The van der Waals surface area contributed by atoms with Crippen LogP contribution in [0.2, 0.25) is 0 Å². The van der Waals surface area contributed by atoms with E-state index >= 15 is 0 Å². The third-order valence-electron chi connectivity index (χ3n) is 4.93. The molecule has 0 unspecified atom stereocenters.